The second-order valence-corrected chi connectivity index (χ2v) is 7.15. The van der Waals surface area contributed by atoms with Gasteiger partial charge in [0, 0.05) is 18.7 Å². The van der Waals surface area contributed by atoms with E-state index in [0.29, 0.717) is 22.8 Å². The molecule has 0 aromatic heterocycles. The van der Waals surface area contributed by atoms with Crippen molar-refractivity contribution in [3.8, 4) is 17.2 Å². The molecule has 0 aliphatic carbocycles. The molecule has 8 nitrogen and oxygen atoms in total. The molecule has 0 radical (unpaired) electrons. The minimum Gasteiger partial charge on any atom is -0.493 e. The standard InChI is InChI=1S/C18H22N2O6S/c1-24-15-11-13(12-16(25-2)17(15)26-3)18(21)19-9-10-20-27(22,23)14-7-5-4-6-8-14/h4-8,11-12,20H,9-10H2,1-3H3,(H,19,21). The Hall–Kier alpha value is -2.78. The molecule has 2 rings (SSSR count). The Balaban J connectivity index is 1.98. The molecule has 1 amide bonds. The van der Waals surface area contributed by atoms with Crippen molar-refractivity contribution < 1.29 is 27.4 Å². The Labute approximate surface area is 158 Å². The molecule has 0 aliphatic rings. The molecule has 0 bridgehead atoms. The first-order valence-electron chi connectivity index (χ1n) is 8.06. The van der Waals surface area contributed by atoms with Gasteiger partial charge in [-0.3, -0.25) is 4.79 Å². The van der Waals surface area contributed by atoms with Gasteiger partial charge >= 0.3 is 0 Å². The summed E-state index contributed by atoms with van der Waals surface area (Å²) in [6, 6.07) is 11.0. The van der Waals surface area contributed by atoms with Crippen molar-refractivity contribution >= 4 is 15.9 Å². The van der Waals surface area contributed by atoms with Crippen LogP contribution in [-0.4, -0.2) is 48.7 Å². The topological polar surface area (TPSA) is 103 Å². The Morgan fingerprint density at radius 3 is 2.04 bits per heavy atom. The van der Waals surface area contributed by atoms with Crippen LogP contribution in [0.25, 0.3) is 0 Å². The van der Waals surface area contributed by atoms with Crippen molar-refractivity contribution in [3.63, 3.8) is 0 Å². The average molecular weight is 394 g/mol. The van der Waals surface area contributed by atoms with Crippen LogP contribution in [0.1, 0.15) is 10.4 Å². The number of carbonyl (C=O) groups excluding carboxylic acids is 1. The van der Waals surface area contributed by atoms with Gasteiger partial charge in [-0.05, 0) is 24.3 Å². The first-order valence-corrected chi connectivity index (χ1v) is 9.54. The van der Waals surface area contributed by atoms with Crippen molar-refractivity contribution in [3.05, 3.63) is 48.0 Å². The summed E-state index contributed by atoms with van der Waals surface area (Å²) in [6.45, 7) is 0.162. The third kappa shape index (κ3) is 5.11. The number of hydrogen-bond acceptors (Lipinski definition) is 6. The van der Waals surface area contributed by atoms with E-state index in [1.807, 2.05) is 0 Å². The highest BCUT2D eigenvalue weighted by atomic mass is 32.2. The predicted octanol–water partition coefficient (Wildman–Crippen LogP) is 1.42. The van der Waals surface area contributed by atoms with E-state index < -0.39 is 15.9 Å². The molecular weight excluding hydrogens is 372 g/mol. The minimum atomic E-state index is -3.61. The summed E-state index contributed by atoms with van der Waals surface area (Å²) in [6.07, 6.45) is 0. The smallest absolute Gasteiger partial charge is 0.251 e. The molecule has 2 N–H and O–H groups in total. The van der Waals surface area contributed by atoms with Crippen LogP contribution in [0.2, 0.25) is 0 Å². The maximum Gasteiger partial charge on any atom is 0.251 e. The number of nitrogens with one attached hydrogen (secondary N) is 2. The average Bonchev–Trinajstić information content (AvgIpc) is 2.70. The molecule has 0 saturated carbocycles. The summed E-state index contributed by atoms with van der Waals surface area (Å²) in [4.78, 5) is 12.5. The predicted molar refractivity (Wildman–Crippen MR) is 100 cm³/mol. The van der Waals surface area contributed by atoms with Crippen LogP contribution in [0, 0.1) is 0 Å². The van der Waals surface area contributed by atoms with Gasteiger partial charge in [0.2, 0.25) is 15.8 Å². The fourth-order valence-corrected chi connectivity index (χ4v) is 3.41. The fraction of sp³-hybridized carbons (Fsp3) is 0.278. The molecule has 146 valence electrons. The highest BCUT2D eigenvalue weighted by molar-refractivity contribution is 7.89. The number of amides is 1. The van der Waals surface area contributed by atoms with E-state index in [-0.39, 0.29) is 18.0 Å². The van der Waals surface area contributed by atoms with Gasteiger partial charge in [0.15, 0.2) is 11.5 Å². The Kier molecular flexibility index (Phi) is 7.03. The molecule has 9 heteroatoms. The Bertz CT molecular complexity index is 859. The summed E-state index contributed by atoms with van der Waals surface area (Å²) >= 11 is 0. The lowest BCUT2D eigenvalue weighted by Crippen LogP contribution is -2.34. The van der Waals surface area contributed by atoms with Crippen molar-refractivity contribution in [1.29, 1.82) is 0 Å². The molecule has 0 fully saturated rings. The number of hydrogen-bond donors (Lipinski definition) is 2. The second kappa shape index (κ2) is 9.24. The van der Waals surface area contributed by atoms with E-state index in [9.17, 15) is 13.2 Å². The van der Waals surface area contributed by atoms with E-state index in [4.69, 9.17) is 14.2 Å². The number of carbonyl (C=O) groups is 1. The van der Waals surface area contributed by atoms with Crippen LogP contribution in [0.3, 0.4) is 0 Å². The van der Waals surface area contributed by atoms with Gasteiger partial charge in [-0.2, -0.15) is 0 Å². The largest absolute Gasteiger partial charge is 0.493 e. The molecule has 0 heterocycles. The molecule has 2 aromatic rings. The number of ether oxygens (including phenoxy) is 3. The minimum absolute atomic E-state index is 0.0490. The lowest BCUT2D eigenvalue weighted by molar-refractivity contribution is 0.0953. The number of benzene rings is 2. The SMILES string of the molecule is COc1cc(C(=O)NCCNS(=O)(=O)c2ccccc2)cc(OC)c1OC. The summed E-state index contributed by atoms with van der Waals surface area (Å²) in [5, 5.41) is 2.65. The quantitative estimate of drug-likeness (QED) is 0.624. The maximum absolute atomic E-state index is 12.3. The summed E-state index contributed by atoms with van der Waals surface area (Å²) in [5.74, 6) is 0.693. The molecule has 27 heavy (non-hydrogen) atoms. The summed E-state index contributed by atoms with van der Waals surface area (Å²) in [5.41, 5.74) is 0.301. The van der Waals surface area contributed by atoms with Crippen molar-refractivity contribution in [2.45, 2.75) is 4.90 Å². The van der Waals surface area contributed by atoms with Gasteiger partial charge in [-0.1, -0.05) is 18.2 Å². The first-order chi connectivity index (χ1) is 12.9. The molecule has 0 unspecified atom stereocenters. The van der Waals surface area contributed by atoms with Gasteiger partial charge in [0.25, 0.3) is 5.91 Å². The molecular formula is C18H22N2O6S. The van der Waals surface area contributed by atoms with Crippen molar-refractivity contribution in [2.24, 2.45) is 0 Å². The van der Waals surface area contributed by atoms with E-state index >= 15 is 0 Å². The van der Waals surface area contributed by atoms with Crippen LogP contribution in [0.4, 0.5) is 0 Å². The van der Waals surface area contributed by atoms with Crippen molar-refractivity contribution in [1.82, 2.24) is 10.0 Å². The van der Waals surface area contributed by atoms with Crippen molar-refractivity contribution in [2.75, 3.05) is 34.4 Å². The first kappa shape index (κ1) is 20.5. The van der Waals surface area contributed by atoms with E-state index in [1.54, 1.807) is 18.2 Å². The molecule has 0 atom stereocenters. The highest BCUT2D eigenvalue weighted by Crippen LogP contribution is 2.38. The van der Waals surface area contributed by atoms with Gasteiger partial charge in [-0.15, -0.1) is 0 Å². The second-order valence-electron chi connectivity index (χ2n) is 5.38. The van der Waals surface area contributed by atoms with E-state index in [2.05, 4.69) is 10.0 Å². The third-order valence-electron chi connectivity index (χ3n) is 3.68. The zero-order valence-electron chi connectivity index (χ0n) is 15.3. The van der Waals surface area contributed by atoms with Gasteiger partial charge < -0.3 is 19.5 Å². The molecule has 0 saturated heterocycles. The third-order valence-corrected chi connectivity index (χ3v) is 5.16. The summed E-state index contributed by atoms with van der Waals surface area (Å²) < 4.78 is 42.3. The molecule has 0 aliphatic heterocycles. The maximum atomic E-state index is 12.3. The number of sulfonamides is 1. The van der Waals surface area contributed by atoms with Gasteiger partial charge in [-0.25, -0.2) is 13.1 Å². The fourth-order valence-electron chi connectivity index (χ4n) is 2.36. The van der Waals surface area contributed by atoms with Crippen LogP contribution in [-0.2, 0) is 10.0 Å². The summed E-state index contributed by atoms with van der Waals surface area (Å²) in [7, 11) is 0.772. The van der Waals surface area contributed by atoms with Crippen LogP contribution in [0.5, 0.6) is 17.2 Å². The molecule has 2 aromatic carbocycles. The lowest BCUT2D eigenvalue weighted by atomic mass is 10.1. The Morgan fingerprint density at radius 2 is 1.52 bits per heavy atom. The highest BCUT2D eigenvalue weighted by Gasteiger charge is 2.17. The van der Waals surface area contributed by atoms with Crippen LogP contribution in [0.15, 0.2) is 47.4 Å². The number of methoxy groups -OCH3 is 3. The number of rotatable bonds is 9. The van der Waals surface area contributed by atoms with Crippen LogP contribution >= 0.6 is 0 Å². The van der Waals surface area contributed by atoms with E-state index in [1.165, 1.54) is 45.6 Å². The zero-order valence-corrected chi connectivity index (χ0v) is 16.1. The molecule has 0 spiro atoms. The Morgan fingerprint density at radius 1 is 0.926 bits per heavy atom. The van der Waals surface area contributed by atoms with Crippen LogP contribution < -0.4 is 24.2 Å². The van der Waals surface area contributed by atoms with Gasteiger partial charge in [0.05, 0.1) is 26.2 Å². The normalized spacial score (nSPS) is 10.9. The van der Waals surface area contributed by atoms with E-state index in [0.717, 1.165) is 0 Å². The van der Waals surface area contributed by atoms with Gasteiger partial charge in [0.1, 0.15) is 0 Å². The zero-order chi connectivity index (χ0) is 19.9. The monoisotopic (exact) mass is 394 g/mol. The lowest BCUT2D eigenvalue weighted by Gasteiger charge is -2.14.